The van der Waals surface area contributed by atoms with Crippen molar-refractivity contribution in [1.82, 2.24) is 14.1 Å². The molecule has 0 fully saturated rings. The molecule has 0 aliphatic heterocycles. The van der Waals surface area contributed by atoms with Gasteiger partial charge in [0.1, 0.15) is 11.3 Å². The molecular formula is C16H20F3N3O3. The fraction of sp³-hybridized carbons (Fsp3) is 0.562. The van der Waals surface area contributed by atoms with E-state index in [-0.39, 0.29) is 5.76 Å². The van der Waals surface area contributed by atoms with Crippen LogP contribution in [0.3, 0.4) is 0 Å². The van der Waals surface area contributed by atoms with E-state index < -0.39 is 35.6 Å². The molecule has 25 heavy (non-hydrogen) atoms. The number of hydrogen-bond acceptors (Lipinski definition) is 4. The van der Waals surface area contributed by atoms with Gasteiger partial charge in [0, 0.05) is 18.7 Å². The Morgan fingerprint density at radius 1 is 1.28 bits per heavy atom. The van der Waals surface area contributed by atoms with Crippen LogP contribution in [-0.2, 0) is 19.1 Å². The lowest BCUT2D eigenvalue weighted by molar-refractivity contribution is -0.139. The van der Waals surface area contributed by atoms with Gasteiger partial charge in [0.05, 0.1) is 12.2 Å². The maximum Gasteiger partial charge on any atom is 0.423 e. The SMILES string of the molecule is CCCc1nc(C)c(Cn2c(=O)c(C(F)(F)F)cn(C(C)C)c2=O)o1. The molecule has 9 heteroatoms. The lowest BCUT2D eigenvalue weighted by Gasteiger charge is -2.16. The lowest BCUT2D eigenvalue weighted by Crippen LogP contribution is -2.43. The molecular weight excluding hydrogens is 339 g/mol. The first-order chi connectivity index (χ1) is 11.6. The van der Waals surface area contributed by atoms with Crippen LogP contribution in [-0.4, -0.2) is 14.1 Å². The molecule has 0 bridgehead atoms. The molecule has 0 aliphatic carbocycles. The standard InChI is InChI=1S/C16H20F3N3O3/c1-5-6-13-20-10(4)12(25-13)8-22-14(23)11(16(17,18)19)7-21(9(2)3)15(22)24/h7,9H,5-6,8H2,1-4H3. The fourth-order valence-corrected chi connectivity index (χ4v) is 2.42. The zero-order chi connectivity index (χ0) is 18.9. The van der Waals surface area contributed by atoms with Gasteiger partial charge in [-0.05, 0) is 27.2 Å². The first-order valence-corrected chi connectivity index (χ1v) is 7.94. The Balaban J connectivity index is 2.62. The Labute approximate surface area is 141 Å². The van der Waals surface area contributed by atoms with Gasteiger partial charge in [0.2, 0.25) is 0 Å². The predicted molar refractivity (Wildman–Crippen MR) is 84.7 cm³/mol. The molecule has 138 valence electrons. The third kappa shape index (κ3) is 3.85. The van der Waals surface area contributed by atoms with Gasteiger partial charge < -0.3 is 4.42 Å². The molecule has 2 aromatic heterocycles. The molecule has 0 atom stereocenters. The zero-order valence-corrected chi connectivity index (χ0v) is 14.5. The summed E-state index contributed by atoms with van der Waals surface area (Å²) in [6, 6.07) is -0.535. The number of aromatic nitrogens is 3. The quantitative estimate of drug-likeness (QED) is 0.823. The highest BCUT2D eigenvalue weighted by Gasteiger charge is 2.36. The maximum atomic E-state index is 13.2. The van der Waals surface area contributed by atoms with E-state index in [0.717, 1.165) is 11.0 Å². The fourth-order valence-electron chi connectivity index (χ4n) is 2.42. The molecule has 6 nitrogen and oxygen atoms in total. The van der Waals surface area contributed by atoms with Crippen LogP contribution in [0, 0.1) is 6.92 Å². The van der Waals surface area contributed by atoms with Gasteiger partial charge in [-0.25, -0.2) is 9.78 Å². The normalized spacial score (nSPS) is 12.2. The van der Waals surface area contributed by atoms with Crippen LogP contribution in [0.2, 0.25) is 0 Å². The third-order valence-corrected chi connectivity index (χ3v) is 3.76. The number of rotatable bonds is 5. The van der Waals surface area contributed by atoms with Crippen LogP contribution >= 0.6 is 0 Å². The topological polar surface area (TPSA) is 70.0 Å². The highest BCUT2D eigenvalue weighted by Crippen LogP contribution is 2.26. The van der Waals surface area contributed by atoms with Crippen LogP contribution < -0.4 is 11.2 Å². The summed E-state index contributed by atoms with van der Waals surface area (Å²) in [5, 5.41) is 0. The lowest BCUT2D eigenvalue weighted by atomic mass is 10.3. The summed E-state index contributed by atoms with van der Waals surface area (Å²) in [5.74, 6) is 0.636. The van der Waals surface area contributed by atoms with Crippen molar-refractivity contribution in [2.24, 2.45) is 0 Å². The highest BCUT2D eigenvalue weighted by atomic mass is 19.4. The number of alkyl halides is 3. The number of aryl methyl sites for hydroxylation is 2. The monoisotopic (exact) mass is 359 g/mol. The second kappa shape index (κ2) is 6.89. The summed E-state index contributed by atoms with van der Waals surface area (Å²) in [6.45, 7) is 6.29. The Morgan fingerprint density at radius 2 is 1.92 bits per heavy atom. The molecule has 0 radical (unpaired) electrons. The van der Waals surface area contributed by atoms with Gasteiger partial charge in [-0.3, -0.25) is 13.9 Å². The second-order valence-corrected chi connectivity index (χ2v) is 6.08. The van der Waals surface area contributed by atoms with E-state index in [4.69, 9.17) is 4.42 Å². The second-order valence-electron chi connectivity index (χ2n) is 6.08. The summed E-state index contributed by atoms with van der Waals surface area (Å²) in [7, 11) is 0. The van der Waals surface area contributed by atoms with Crippen LogP contribution in [0.25, 0.3) is 0 Å². The Hall–Kier alpha value is -2.32. The molecule has 0 saturated heterocycles. The van der Waals surface area contributed by atoms with E-state index in [1.54, 1.807) is 20.8 Å². The Bertz CT molecular complexity index is 875. The van der Waals surface area contributed by atoms with Crippen molar-refractivity contribution in [2.75, 3.05) is 0 Å². The van der Waals surface area contributed by atoms with E-state index in [2.05, 4.69) is 4.98 Å². The van der Waals surface area contributed by atoms with Crippen molar-refractivity contribution >= 4 is 0 Å². The first-order valence-electron chi connectivity index (χ1n) is 7.94. The molecule has 0 N–H and O–H groups in total. The molecule has 2 heterocycles. The van der Waals surface area contributed by atoms with Crippen molar-refractivity contribution in [3.8, 4) is 0 Å². The first kappa shape index (κ1) is 19.0. The molecule has 2 rings (SSSR count). The third-order valence-electron chi connectivity index (χ3n) is 3.76. The summed E-state index contributed by atoms with van der Waals surface area (Å²) >= 11 is 0. The minimum absolute atomic E-state index is 0.206. The predicted octanol–water partition coefficient (Wildman–Crippen LogP) is 2.91. The van der Waals surface area contributed by atoms with Crippen LogP contribution in [0.4, 0.5) is 13.2 Å². The van der Waals surface area contributed by atoms with E-state index >= 15 is 0 Å². The molecule has 0 amide bonds. The van der Waals surface area contributed by atoms with Gasteiger partial charge in [0.25, 0.3) is 5.56 Å². The zero-order valence-electron chi connectivity index (χ0n) is 14.5. The average Bonchev–Trinajstić information content (AvgIpc) is 2.82. The Kier molecular flexibility index (Phi) is 5.24. The summed E-state index contributed by atoms with van der Waals surface area (Å²) in [4.78, 5) is 28.9. The minimum atomic E-state index is -4.85. The molecule has 0 saturated carbocycles. The number of oxazole rings is 1. The highest BCUT2D eigenvalue weighted by molar-refractivity contribution is 5.14. The van der Waals surface area contributed by atoms with Crippen molar-refractivity contribution < 1.29 is 17.6 Å². The van der Waals surface area contributed by atoms with E-state index in [9.17, 15) is 22.8 Å². The summed E-state index contributed by atoms with van der Waals surface area (Å²) in [6.07, 6.45) is -2.94. The van der Waals surface area contributed by atoms with Crippen molar-refractivity contribution in [3.05, 3.63) is 49.9 Å². The number of halogens is 3. The largest absolute Gasteiger partial charge is 0.444 e. The van der Waals surface area contributed by atoms with Crippen LogP contribution in [0.5, 0.6) is 0 Å². The molecule has 0 aromatic carbocycles. The average molecular weight is 359 g/mol. The van der Waals surface area contributed by atoms with Gasteiger partial charge >= 0.3 is 11.9 Å². The summed E-state index contributed by atoms with van der Waals surface area (Å²) in [5.41, 5.74) is -3.14. The molecule has 0 spiro atoms. The Morgan fingerprint density at radius 3 is 2.44 bits per heavy atom. The van der Waals surface area contributed by atoms with Gasteiger partial charge in [-0.1, -0.05) is 6.92 Å². The maximum absolute atomic E-state index is 13.2. The van der Waals surface area contributed by atoms with Crippen molar-refractivity contribution in [3.63, 3.8) is 0 Å². The molecule has 0 unspecified atom stereocenters. The van der Waals surface area contributed by atoms with Crippen molar-refractivity contribution in [1.29, 1.82) is 0 Å². The number of hydrogen-bond donors (Lipinski definition) is 0. The van der Waals surface area contributed by atoms with Gasteiger partial charge in [-0.15, -0.1) is 0 Å². The van der Waals surface area contributed by atoms with Crippen LogP contribution in [0.15, 0.2) is 20.2 Å². The van der Waals surface area contributed by atoms with Gasteiger partial charge in [-0.2, -0.15) is 13.2 Å². The molecule has 2 aromatic rings. The minimum Gasteiger partial charge on any atom is -0.444 e. The van der Waals surface area contributed by atoms with E-state index in [1.807, 2.05) is 6.92 Å². The van der Waals surface area contributed by atoms with Crippen LogP contribution in [0.1, 0.15) is 56.1 Å². The molecule has 0 aliphatic rings. The number of nitrogens with zero attached hydrogens (tertiary/aromatic N) is 3. The van der Waals surface area contributed by atoms with Crippen molar-refractivity contribution in [2.45, 2.75) is 59.3 Å². The van der Waals surface area contributed by atoms with Gasteiger partial charge in [0.15, 0.2) is 5.89 Å². The summed E-state index contributed by atoms with van der Waals surface area (Å²) < 4.78 is 46.4. The van der Waals surface area contributed by atoms with E-state index in [1.165, 1.54) is 0 Å². The van der Waals surface area contributed by atoms with E-state index in [0.29, 0.717) is 28.8 Å². The smallest absolute Gasteiger partial charge is 0.423 e.